The van der Waals surface area contributed by atoms with E-state index in [-0.39, 0.29) is 5.82 Å². The van der Waals surface area contributed by atoms with Crippen molar-refractivity contribution >= 4 is 11.6 Å². The molecule has 2 aromatic heterocycles. The molecular formula is C16H18F2N6. The molecule has 1 aliphatic carbocycles. The zero-order valence-corrected chi connectivity index (χ0v) is 13.4. The second-order valence-corrected chi connectivity index (χ2v) is 6.25. The molecule has 2 aliphatic rings. The van der Waals surface area contributed by atoms with E-state index in [1.165, 1.54) is 6.33 Å². The van der Waals surface area contributed by atoms with Crippen LogP contribution >= 0.6 is 0 Å². The quantitative estimate of drug-likeness (QED) is 0.857. The van der Waals surface area contributed by atoms with Crippen molar-refractivity contribution < 1.29 is 8.78 Å². The lowest BCUT2D eigenvalue weighted by Gasteiger charge is -2.36. The minimum absolute atomic E-state index is 0.294. The lowest BCUT2D eigenvalue weighted by Crippen LogP contribution is -2.47. The maximum Gasteiger partial charge on any atom is 0.186 e. The highest BCUT2D eigenvalue weighted by Crippen LogP contribution is 2.39. The lowest BCUT2D eigenvalue weighted by atomic mass is 10.2. The van der Waals surface area contributed by atoms with Crippen molar-refractivity contribution in [3.05, 3.63) is 35.7 Å². The first-order valence-electron chi connectivity index (χ1n) is 8.13. The average molecular weight is 332 g/mol. The number of nitrogens with zero attached hydrogens (tertiary/aromatic N) is 6. The number of aromatic nitrogens is 4. The van der Waals surface area contributed by atoms with Gasteiger partial charge in [0.15, 0.2) is 23.3 Å². The summed E-state index contributed by atoms with van der Waals surface area (Å²) in [5.74, 6) is 0.981. The monoisotopic (exact) mass is 332 g/mol. The van der Waals surface area contributed by atoms with Crippen molar-refractivity contribution in [2.75, 3.05) is 36.0 Å². The van der Waals surface area contributed by atoms with Gasteiger partial charge in [-0.15, -0.1) is 0 Å². The highest BCUT2D eigenvalue weighted by atomic mass is 19.1. The molecule has 8 heteroatoms. The Morgan fingerprint density at radius 1 is 1.00 bits per heavy atom. The van der Waals surface area contributed by atoms with Gasteiger partial charge in [0.2, 0.25) is 0 Å². The standard InChI is InChI=1S/C16H18F2N6/c1-10-13(18)16(22-14(21-10)11-2-3-11)24-6-4-23(5-7-24)15-12(17)8-19-9-20-15/h8-9,11H,2-7H2,1H3. The summed E-state index contributed by atoms with van der Waals surface area (Å²) in [6.07, 6.45) is 4.64. The van der Waals surface area contributed by atoms with Gasteiger partial charge in [-0.2, -0.15) is 0 Å². The normalized spacial score (nSPS) is 18.1. The number of piperazine rings is 1. The van der Waals surface area contributed by atoms with Crippen LogP contribution in [0.15, 0.2) is 12.5 Å². The van der Waals surface area contributed by atoms with Crippen LogP contribution in [0, 0.1) is 18.6 Å². The van der Waals surface area contributed by atoms with Gasteiger partial charge in [0.25, 0.3) is 0 Å². The summed E-state index contributed by atoms with van der Waals surface area (Å²) in [6.45, 7) is 3.89. The third kappa shape index (κ3) is 2.76. The topological polar surface area (TPSA) is 58.0 Å². The van der Waals surface area contributed by atoms with Gasteiger partial charge < -0.3 is 9.80 Å². The van der Waals surface area contributed by atoms with Gasteiger partial charge in [-0.25, -0.2) is 28.7 Å². The van der Waals surface area contributed by atoms with Crippen molar-refractivity contribution in [1.82, 2.24) is 19.9 Å². The van der Waals surface area contributed by atoms with Crippen LogP contribution in [-0.4, -0.2) is 46.1 Å². The third-order valence-electron chi connectivity index (χ3n) is 4.49. The molecular weight excluding hydrogens is 314 g/mol. The summed E-state index contributed by atoms with van der Waals surface area (Å²) < 4.78 is 28.3. The summed E-state index contributed by atoms with van der Waals surface area (Å²) in [4.78, 5) is 20.2. The Hall–Kier alpha value is -2.38. The van der Waals surface area contributed by atoms with Crippen LogP contribution in [0.5, 0.6) is 0 Å². The summed E-state index contributed by atoms with van der Waals surface area (Å²) in [6, 6.07) is 0. The summed E-state index contributed by atoms with van der Waals surface area (Å²) in [7, 11) is 0. The van der Waals surface area contributed by atoms with E-state index in [1.807, 2.05) is 9.80 Å². The van der Waals surface area contributed by atoms with Gasteiger partial charge in [0.05, 0.1) is 11.9 Å². The molecule has 126 valence electrons. The van der Waals surface area contributed by atoms with Crippen molar-refractivity contribution in [2.24, 2.45) is 0 Å². The summed E-state index contributed by atoms with van der Waals surface area (Å²) in [5, 5.41) is 0. The third-order valence-corrected chi connectivity index (χ3v) is 4.49. The molecule has 1 saturated heterocycles. The van der Waals surface area contributed by atoms with E-state index in [2.05, 4.69) is 19.9 Å². The van der Waals surface area contributed by atoms with E-state index in [0.717, 1.165) is 24.9 Å². The van der Waals surface area contributed by atoms with Gasteiger partial charge in [-0.1, -0.05) is 0 Å². The predicted octanol–water partition coefficient (Wildman–Crippen LogP) is 2.06. The number of hydrogen-bond acceptors (Lipinski definition) is 6. The van der Waals surface area contributed by atoms with Crippen molar-refractivity contribution in [2.45, 2.75) is 25.7 Å². The molecule has 2 aromatic rings. The van der Waals surface area contributed by atoms with Gasteiger partial charge in [-0.3, -0.25) is 0 Å². The van der Waals surface area contributed by atoms with E-state index in [9.17, 15) is 8.78 Å². The Morgan fingerprint density at radius 2 is 1.67 bits per heavy atom. The van der Waals surface area contributed by atoms with E-state index >= 15 is 0 Å². The van der Waals surface area contributed by atoms with Gasteiger partial charge in [0.1, 0.15) is 12.2 Å². The zero-order valence-electron chi connectivity index (χ0n) is 13.4. The van der Waals surface area contributed by atoms with Crippen LogP contribution in [-0.2, 0) is 0 Å². The molecule has 0 amide bonds. The first kappa shape index (κ1) is 15.2. The molecule has 0 unspecified atom stereocenters. The molecule has 24 heavy (non-hydrogen) atoms. The molecule has 0 N–H and O–H groups in total. The van der Waals surface area contributed by atoms with E-state index in [4.69, 9.17) is 0 Å². The maximum atomic E-state index is 14.5. The number of halogens is 2. The number of hydrogen-bond donors (Lipinski definition) is 0. The SMILES string of the molecule is Cc1nc(C2CC2)nc(N2CCN(c3ncncc3F)CC2)c1F. The Kier molecular flexibility index (Phi) is 3.74. The second kappa shape index (κ2) is 5.92. The minimum Gasteiger partial charge on any atom is -0.351 e. The molecule has 6 nitrogen and oxygen atoms in total. The van der Waals surface area contributed by atoms with Crippen LogP contribution in [0.4, 0.5) is 20.4 Å². The largest absolute Gasteiger partial charge is 0.351 e. The van der Waals surface area contributed by atoms with E-state index in [1.54, 1.807) is 6.92 Å². The lowest BCUT2D eigenvalue weighted by molar-refractivity contribution is 0.557. The first-order valence-corrected chi connectivity index (χ1v) is 8.13. The van der Waals surface area contributed by atoms with Crippen molar-refractivity contribution in [3.63, 3.8) is 0 Å². The highest BCUT2D eigenvalue weighted by Gasteiger charge is 2.30. The van der Waals surface area contributed by atoms with Crippen LogP contribution in [0.2, 0.25) is 0 Å². The number of rotatable bonds is 3. The zero-order chi connectivity index (χ0) is 16.7. The van der Waals surface area contributed by atoms with E-state index in [0.29, 0.717) is 49.4 Å². The summed E-state index contributed by atoms with van der Waals surface area (Å²) in [5.41, 5.74) is 0.395. The molecule has 3 heterocycles. The van der Waals surface area contributed by atoms with Gasteiger partial charge >= 0.3 is 0 Å². The predicted molar refractivity (Wildman–Crippen MR) is 85.1 cm³/mol. The Bertz CT molecular complexity index is 756. The second-order valence-electron chi connectivity index (χ2n) is 6.25. The van der Waals surface area contributed by atoms with Crippen LogP contribution in [0.3, 0.4) is 0 Å². The molecule has 0 spiro atoms. The highest BCUT2D eigenvalue weighted by molar-refractivity contribution is 5.46. The minimum atomic E-state index is -0.439. The molecule has 1 aliphatic heterocycles. The fourth-order valence-corrected chi connectivity index (χ4v) is 2.97. The fourth-order valence-electron chi connectivity index (χ4n) is 2.97. The van der Waals surface area contributed by atoms with E-state index < -0.39 is 5.82 Å². The molecule has 0 radical (unpaired) electrons. The number of aryl methyl sites for hydroxylation is 1. The smallest absolute Gasteiger partial charge is 0.186 e. The Morgan fingerprint density at radius 3 is 2.29 bits per heavy atom. The molecule has 0 aromatic carbocycles. The molecule has 2 fully saturated rings. The molecule has 0 bridgehead atoms. The Balaban J connectivity index is 1.53. The van der Waals surface area contributed by atoms with Crippen LogP contribution in [0.25, 0.3) is 0 Å². The van der Waals surface area contributed by atoms with Gasteiger partial charge in [0, 0.05) is 32.1 Å². The van der Waals surface area contributed by atoms with Crippen molar-refractivity contribution in [1.29, 1.82) is 0 Å². The summed E-state index contributed by atoms with van der Waals surface area (Å²) >= 11 is 0. The van der Waals surface area contributed by atoms with Crippen molar-refractivity contribution in [3.8, 4) is 0 Å². The number of anilines is 2. The van der Waals surface area contributed by atoms with Crippen LogP contribution in [0.1, 0.15) is 30.3 Å². The maximum absolute atomic E-state index is 14.5. The molecule has 1 saturated carbocycles. The molecule has 4 rings (SSSR count). The fraction of sp³-hybridized carbons (Fsp3) is 0.500. The molecule has 0 atom stereocenters. The Labute approximate surface area is 138 Å². The average Bonchev–Trinajstić information content (AvgIpc) is 3.43. The van der Waals surface area contributed by atoms with Gasteiger partial charge in [-0.05, 0) is 19.8 Å². The van der Waals surface area contributed by atoms with Crippen LogP contribution < -0.4 is 9.80 Å². The first-order chi connectivity index (χ1) is 11.6.